The Hall–Kier alpha value is -2.58. The van der Waals surface area contributed by atoms with Crippen molar-refractivity contribution in [3.63, 3.8) is 0 Å². The molecule has 27 heavy (non-hydrogen) atoms. The summed E-state index contributed by atoms with van der Waals surface area (Å²) >= 11 is 0. The molecule has 1 saturated carbocycles. The molecule has 0 saturated heterocycles. The van der Waals surface area contributed by atoms with Gasteiger partial charge in [0.2, 0.25) is 0 Å². The molecule has 1 aromatic heterocycles. The molecule has 8 nitrogen and oxygen atoms in total. The van der Waals surface area contributed by atoms with Crippen LogP contribution in [0.1, 0.15) is 56.8 Å². The van der Waals surface area contributed by atoms with Crippen molar-refractivity contribution in [2.45, 2.75) is 64.1 Å². The van der Waals surface area contributed by atoms with Gasteiger partial charge in [-0.05, 0) is 39.7 Å². The number of nitrogens with one attached hydrogen (secondary N) is 2. The van der Waals surface area contributed by atoms with Gasteiger partial charge in [-0.2, -0.15) is 0 Å². The highest BCUT2D eigenvalue weighted by molar-refractivity contribution is 5.94. The zero-order valence-corrected chi connectivity index (χ0v) is 16.1. The van der Waals surface area contributed by atoms with Crippen LogP contribution < -0.4 is 16.4 Å². The lowest BCUT2D eigenvalue weighted by atomic mass is 9.90. The highest BCUT2D eigenvalue weighted by Crippen LogP contribution is 2.25. The first kappa shape index (κ1) is 20.7. The average Bonchev–Trinajstić information content (AvgIpc) is 2.57. The molecule has 4 N–H and O–H groups in total. The van der Waals surface area contributed by atoms with Gasteiger partial charge in [-0.15, -0.1) is 0 Å². The number of hydrogen-bond acceptors (Lipinski definition) is 7. The van der Waals surface area contributed by atoms with Crippen molar-refractivity contribution in [1.29, 1.82) is 0 Å². The molecule has 0 spiro atoms. The number of amides is 1. The monoisotopic (exact) mass is 382 g/mol. The Bertz CT molecular complexity index is 705. The van der Waals surface area contributed by atoms with Crippen molar-refractivity contribution in [3.05, 3.63) is 17.4 Å². The van der Waals surface area contributed by atoms with E-state index in [9.17, 15) is 14.0 Å². The minimum absolute atomic E-state index is 0.0666. The van der Waals surface area contributed by atoms with Crippen molar-refractivity contribution in [2.24, 2.45) is 0 Å². The van der Waals surface area contributed by atoms with Gasteiger partial charge in [0.05, 0.1) is 13.2 Å². The number of pyridine rings is 1. The molecule has 0 aromatic carbocycles. The van der Waals surface area contributed by atoms with E-state index in [-0.39, 0.29) is 29.3 Å². The van der Waals surface area contributed by atoms with Gasteiger partial charge in [0.1, 0.15) is 17.0 Å². The van der Waals surface area contributed by atoms with Crippen molar-refractivity contribution < 1.29 is 23.5 Å². The number of carbonyl (C=O) groups is 2. The first-order valence-corrected chi connectivity index (χ1v) is 8.91. The van der Waals surface area contributed by atoms with Crippen LogP contribution in [0.3, 0.4) is 0 Å². The van der Waals surface area contributed by atoms with E-state index in [2.05, 4.69) is 20.4 Å². The van der Waals surface area contributed by atoms with Crippen LogP contribution in [0.5, 0.6) is 0 Å². The van der Waals surface area contributed by atoms with Gasteiger partial charge in [-0.25, -0.2) is 19.0 Å². The number of rotatable bonds is 4. The predicted molar refractivity (Wildman–Crippen MR) is 99.0 cm³/mol. The molecule has 1 aliphatic carbocycles. The van der Waals surface area contributed by atoms with Gasteiger partial charge in [-0.1, -0.05) is 12.8 Å². The molecule has 1 fully saturated rings. The van der Waals surface area contributed by atoms with E-state index >= 15 is 0 Å². The van der Waals surface area contributed by atoms with E-state index in [1.807, 2.05) is 0 Å². The Kier molecular flexibility index (Phi) is 6.45. The van der Waals surface area contributed by atoms with Crippen LogP contribution in [0.2, 0.25) is 0 Å². The minimum atomic E-state index is -0.757. The van der Waals surface area contributed by atoms with Crippen molar-refractivity contribution >= 4 is 23.7 Å². The van der Waals surface area contributed by atoms with E-state index in [0.29, 0.717) is 0 Å². The summed E-state index contributed by atoms with van der Waals surface area (Å²) in [6, 6.07) is 0.517. The highest BCUT2D eigenvalue weighted by atomic mass is 19.1. The summed E-state index contributed by atoms with van der Waals surface area (Å²) in [4.78, 5) is 27.6. The molecule has 2 rings (SSSR count). The smallest absolute Gasteiger partial charge is 0.407 e. The van der Waals surface area contributed by atoms with Gasteiger partial charge >= 0.3 is 12.1 Å². The summed E-state index contributed by atoms with van der Waals surface area (Å²) in [5.41, 5.74) is 5.01. The molecule has 0 radical (unpaired) electrons. The number of ether oxygens (including phenoxy) is 2. The fourth-order valence-electron chi connectivity index (χ4n) is 2.99. The molecule has 1 aliphatic rings. The second-order valence-corrected chi connectivity index (χ2v) is 7.53. The number of nitrogens with zero attached hydrogens (tertiary/aromatic N) is 1. The number of methoxy groups -OCH3 is 1. The summed E-state index contributed by atoms with van der Waals surface area (Å²) in [7, 11) is 1.18. The lowest BCUT2D eigenvalue weighted by molar-refractivity contribution is 0.0487. The van der Waals surface area contributed by atoms with Gasteiger partial charge in [0.25, 0.3) is 0 Å². The number of aromatic nitrogens is 1. The molecule has 150 valence electrons. The number of hydrogen-bond donors (Lipinski definition) is 3. The fourth-order valence-corrected chi connectivity index (χ4v) is 2.99. The molecule has 0 aliphatic heterocycles. The van der Waals surface area contributed by atoms with E-state index in [0.717, 1.165) is 31.7 Å². The Morgan fingerprint density at radius 2 is 1.89 bits per heavy atom. The Balaban J connectivity index is 2.13. The number of nitrogen functional groups attached to an aromatic ring is 1. The highest BCUT2D eigenvalue weighted by Gasteiger charge is 2.29. The third-order valence-electron chi connectivity index (χ3n) is 4.20. The Morgan fingerprint density at radius 1 is 1.26 bits per heavy atom. The topological polar surface area (TPSA) is 116 Å². The maximum Gasteiger partial charge on any atom is 0.407 e. The van der Waals surface area contributed by atoms with Gasteiger partial charge in [0, 0.05) is 6.04 Å². The van der Waals surface area contributed by atoms with Crippen LogP contribution in [-0.4, -0.2) is 41.8 Å². The number of esters is 1. The van der Waals surface area contributed by atoms with Crippen LogP contribution >= 0.6 is 0 Å². The molecular weight excluding hydrogens is 355 g/mol. The molecule has 1 heterocycles. The lowest BCUT2D eigenvalue weighted by Gasteiger charge is -2.33. The number of carbonyl (C=O) groups excluding carboxylic acids is 2. The van der Waals surface area contributed by atoms with Gasteiger partial charge < -0.3 is 25.8 Å². The molecule has 2 atom stereocenters. The summed E-state index contributed by atoms with van der Waals surface area (Å²) in [6.45, 7) is 5.36. The molecule has 9 heteroatoms. The van der Waals surface area contributed by atoms with Crippen molar-refractivity contribution in [3.8, 4) is 0 Å². The SMILES string of the molecule is COC(=O)c1cc(F)c(NC2CCCCC2NC(=O)OC(C)(C)C)nc1N. The maximum atomic E-state index is 14.4. The molecule has 0 bridgehead atoms. The van der Waals surface area contributed by atoms with Crippen molar-refractivity contribution in [1.82, 2.24) is 10.3 Å². The van der Waals surface area contributed by atoms with Crippen LogP contribution in [-0.2, 0) is 9.47 Å². The fraction of sp³-hybridized carbons (Fsp3) is 0.611. The van der Waals surface area contributed by atoms with Crippen LogP contribution in [0.15, 0.2) is 6.07 Å². The quantitative estimate of drug-likeness (QED) is 0.686. The Morgan fingerprint density at radius 3 is 2.48 bits per heavy atom. The minimum Gasteiger partial charge on any atom is -0.465 e. The largest absolute Gasteiger partial charge is 0.465 e. The van der Waals surface area contributed by atoms with Crippen LogP contribution in [0, 0.1) is 5.82 Å². The standard InChI is InChI=1S/C18H27FN4O4/c1-18(2,3)27-17(25)22-13-8-6-5-7-12(13)21-15-11(19)9-10(14(20)23-15)16(24)26-4/h9,12-13H,5-8H2,1-4H3,(H,22,25)(H3,20,21,23). The van der Waals surface area contributed by atoms with Crippen LogP contribution in [0.25, 0.3) is 0 Å². The number of halogens is 1. The van der Waals surface area contributed by atoms with Crippen LogP contribution in [0.4, 0.5) is 20.8 Å². The van der Waals surface area contributed by atoms with E-state index in [4.69, 9.17) is 10.5 Å². The summed E-state index contributed by atoms with van der Waals surface area (Å²) in [6.07, 6.45) is 2.81. The first-order chi connectivity index (χ1) is 12.6. The number of alkyl carbamates (subject to hydrolysis) is 1. The first-order valence-electron chi connectivity index (χ1n) is 8.91. The van der Waals surface area contributed by atoms with E-state index < -0.39 is 23.5 Å². The molecule has 1 aromatic rings. The van der Waals surface area contributed by atoms with Gasteiger partial charge in [-0.3, -0.25) is 0 Å². The molecule has 2 unspecified atom stereocenters. The molecular formula is C18H27FN4O4. The van der Waals surface area contributed by atoms with Gasteiger partial charge in [0.15, 0.2) is 11.6 Å². The lowest BCUT2D eigenvalue weighted by Crippen LogP contribution is -2.50. The predicted octanol–water partition coefficient (Wildman–Crippen LogP) is 2.84. The summed E-state index contributed by atoms with van der Waals surface area (Å²) < 4.78 is 24.2. The van der Waals surface area contributed by atoms with E-state index in [1.165, 1.54) is 7.11 Å². The maximum absolute atomic E-state index is 14.4. The summed E-state index contributed by atoms with van der Waals surface area (Å²) in [5, 5.41) is 5.84. The second kappa shape index (κ2) is 8.41. The summed E-state index contributed by atoms with van der Waals surface area (Å²) in [5.74, 6) is -1.67. The van der Waals surface area contributed by atoms with E-state index in [1.54, 1.807) is 20.8 Å². The zero-order valence-electron chi connectivity index (χ0n) is 16.1. The average molecular weight is 382 g/mol. The second-order valence-electron chi connectivity index (χ2n) is 7.53. The third-order valence-corrected chi connectivity index (χ3v) is 4.20. The number of anilines is 2. The van der Waals surface area contributed by atoms with Crippen molar-refractivity contribution in [2.75, 3.05) is 18.2 Å². The normalized spacial score (nSPS) is 19.9. The molecule has 1 amide bonds. The third kappa shape index (κ3) is 5.70. The zero-order chi connectivity index (χ0) is 20.2. The Labute approximate surface area is 158 Å². The number of nitrogens with two attached hydrogens (primary N) is 1.